The van der Waals surface area contributed by atoms with Crippen molar-refractivity contribution in [2.45, 2.75) is 26.2 Å². The van der Waals surface area contributed by atoms with Gasteiger partial charge in [0.25, 0.3) is 0 Å². The molecule has 0 aliphatic carbocycles. The van der Waals surface area contributed by atoms with E-state index in [-0.39, 0.29) is 11.3 Å². The van der Waals surface area contributed by atoms with Gasteiger partial charge < -0.3 is 9.52 Å². The van der Waals surface area contributed by atoms with Crippen LogP contribution >= 0.6 is 0 Å². The van der Waals surface area contributed by atoms with Crippen molar-refractivity contribution in [3.63, 3.8) is 0 Å². The molecule has 4 nitrogen and oxygen atoms in total. The topological polar surface area (TPSA) is 63.3 Å². The summed E-state index contributed by atoms with van der Waals surface area (Å²) in [5, 5.41) is 9.13. The van der Waals surface area contributed by atoms with Gasteiger partial charge in [0.2, 0.25) is 0 Å². The van der Waals surface area contributed by atoms with Crippen LogP contribution in [0.3, 0.4) is 0 Å². The predicted octanol–water partition coefficient (Wildman–Crippen LogP) is 3.62. The Labute approximate surface area is 114 Å². The maximum absolute atomic E-state index is 14.6. The van der Waals surface area contributed by atoms with Gasteiger partial charge in [-0.2, -0.15) is 0 Å². The number of hydrogen-bond acceptors (Lipinski definition) is 3. The Morgan fingerprint density at radius 3 is 2.45 bits per heavy atom. The Hall–Kier alpha value is -2.24. The number of carbonyl (C=O) groups is 1. The van der Waals surface area contributed by atoms with Crippen LogP contribution in [0, 0.1) is 11.6 Å². The van der Waals surface area contributed by atoms with E-state index in [1.54, 1.807) is 20.8 Å². The summed E-state index contributed by atoms with van der Waals surface area (Å²) < 4.78 is 33.5. The van der Waals surface area contributed by atoms with Crippen molar-refractivity contribution in [1.82, 2.24) is 4.98 Å². The molecule has 2 rings (SSSR count). The molecule has 0 aliphatic rings. The first-order valence-corrected chi connectivity index (χ1v) is 5.88. The molecule has 0 saturated carbocycles. The van der Waals surface area contributed by atoms with E-state index in [1.807, 2.05) is 0 Å². The average Bonchev–Trinajstić information content (AvgIpc) is 2.79. The summed E-state index contributed by atoms with van der Waals surface area (Å²) in [5.74, 6) is -3.39. The zero-order valence-corrected chi connectivity index (χ0v) is 11.2. The second kappa shape index (κ2) is 4.70. The lowest BCUT2D eigenvalue weighted by Crippen LogP contribution is -2.20. The van der Waals surface area contributed by atoms with Gasteiger partial charge in [-0.1, -0.05) is 20.8 Å². The zero-order valence-electron chi connectivity index (χ0n) is 11.2. The van der Waals surface area contributed by atoms with E-state index < -0.39 is 34.1 Å². The van der Waals surface area contributed by atoms with Crippen molar-refractivity contribution >= 4 is 5.97 Å². The molecule has 1 N–H and O–H groups in total. The Morgan fingerprint density at radius 2 is 2.00 bits per heavy atom. The third kappa shape index (κ3) is 2.29. The zero-order chi connectivity index (χ0) is 15.1. The Morgan fingerprint density at radius 1 is 1.35 bits per heavy atom. The standard InChI is InChI=1S/C14H13F2NO3/c1-14(2,3)11-7(13(18)19)4-8(15)10(12(11)16)9-5-17-6-20-9/h4-6H,1-3H3,(H,18,19). The monoisotopic (exact) mass is 281 g/mol. The molecule has 1 aromatic carbocycles. The number of benzene rings is 1. The van der Waals surface area contributed by atoms with Gasteiger partial charge in [0.1, 0.15) is 11.6 Å². The van der Waals surface area contributed by atoms with Gasteiger partial charge in [-0.3, -0.25) is 0 Å². The van der Waals surface area contributed by atoms with Crippen LogP contribution in [-0.2, 0) is 5.41 Å². The molecule has 1 aromatic heterocycles. The molecule has 2 aromatic rings. The third-order valence-corrected chi connectivity index (χ3v) is 2.88. The molecule has 106 valence electrons. The van der Waals surface area contributed by atoms with Crippen LogP contribution in [0.2, 0.25) is 0 Å². The fraction of sp³-hybridized carbons (Fsp3) is 0.286. The van der Waals surface area contributed by atoms with Crippen LogP contribution in [0.1, 0.15) is 36.7 Å². The highest BCUT2D eigenvalue weighted by molar-refractivity contribution is 5.91. The van der Waals surface area contributed by atoms with E-state index in [4.69, 9.17) is 9.52 Å². The second-order valence-electron chi connectivity index (χ2n) is 5.39. The van der Waals surface area contributed by atoms with E-state index in [9.17, 15) is 13.6 Å². The smallest absolute Gasteiger partial charge is 0.336 e. The number of nitrogens with zero attached hydrogens (tertiary/aromatic N) is 1. The molecular weight excluding hydrogens is 268 g/mol. The molecule has 1 heterocycles. The van der Waals surface area contributed by atoms with Gasteiger partial charge in [0.15, 0.2) is 12.2 Å². The van der Waals surface area contributed by atoms with Crippen LogP contribution in [0.4, 0.5) is 8.78 Å². The van der Waals surface area contributed by atoms with Gasteiger partial charge in [0, 0.05) is 5.56 Å². The minimum atomic E-state index is -1.38. The summed E-state index contributed by atoms with van der Waals surface area (Å²) in [4.78, 5) is 14.8. The van der Waals surface area contributed by atoms with Gasteiger partial charge in [-0.15, -0.1) is 0 Å². The van der Waals surface area contributed by atoms with Crippen molar-refractivity contribution in [3.8, 4) is 11.3 Å². The summed E-state index contributed by atoms with van der Waals surface area (Å²) in [6.45, 7) is 4.96. The van der Waals surface area contributed by atoms with Crippen LogP contribution in [0.5, 0.6) is 0 Å². The fourth-order valence-corrected chi connectivity index (χ4v) is 2.09. The highest BCUT2D eigenvalue weighted by Gasteiger charge is 2.31. The Bertz CT molecular complexity index is 658. The normalized spacial score (nSPS) is 11.7. The molecule has 0 aliphatic heterocycles. The summed E-state index contributed by atoms with van der Waals surface area (Å²) in [7, 11) is 0. The summed E-state index contributed by atoms with van der Waals surface area (Å²) in [6, 6.07) is 0.809. The summed E-state index contributed by atoms with van der Waals surface area (Å²) in [5.41, 5.74) is -1.67. The lowest BCUT2D eigenvalue weighted by molar-refractivity contribution is 0.0692. The maximum Gasteiger partial charge on any atom is 0.336 e. The van der Waals surface area contributed by atoms with E-state index in [1.165, 1.54) is 6.20 Å². The van der Waals surface area contributed by atoms with E-state index >= 15 is 0 Å². The highest BCUT2D eigenvalue weighted by atomic mass is 19.1. The number of carboxylic acid groups (broad SMARTS) is 1. The lowest BCUT2D eigenvalue weighted by Gasteiger charge is -2.23. The molecule has 0 saturated heterocycles. The van der Waals surface area contributed by atoms with Gasteiger partial charge in [0.05, 0.1) is 17.3 Å². The number of aromatic nitrogens is 1. The van der Waals surface area contributed by atoms with Crippen LogP contribution in [0.15, 0.2) is 23.1 Å². The predicted molar refractivity (Wildman–Crippen MR) is 67.5 cm³/mol. The first-order chi connectivity index (χ1) is 9.23. The molecular formula is C14H13F2NO3. The van der Waals surface area contributed by atoms with E-state index in [0.29, 0.717) is 0 Å². The first-order valence-electron chi connectivity index (χ1n) is 5.88. The fourth-order valence-electron chi connectivity index (χ4n) is 2.09. The largest absolute Gasteiger partial charge is 0.478 e. The molecule has 0 spiro atoms. The molecule has 0 bridgehead atoms. The average molecular weight is 281 g/mol. The highest BCUT2D eigenvalue weighted by Crippen LogP contribution is 2.36. The van der Waals surface area contributed by atoms with Crippen molar-refractivity contribution in [2.75, 3.05) is 0 Å². The van der Waals surface area contributed by atoms with Crippen molar-refractivity contribution < 1.29 is 23.1 Å². The molecule has 0 amide bonds. The number of carboxylic acids is 1. The molecule has 0 atom stereocenters. The van der Waals surface area contributed by atoms with Gasteiger partial charge >= 0.3 is 5.97 Å². The third-order valence-electron chi connectivity index (χ3n) is 2.88. The minimum Gasteiger partial charge on any atom is -0.478 e. The summed E-state index contributed by atoms with van der Waals surface area (Å²) in [6.07, 6.45) is 2.23. The number of oxazole rings is 1. The molecule has 20 heavy (non-hydrogen) atoms. The van der Waals surface area contributed by atoms with E-state index in [2.05, 4.69) is 4.98 Å². The Balaban J connectivity index is 2.84. The van der Waals surface area contributed by atoms with Crippen molar-refractivity contribution in [1.29, 1.82) is 0 Å². The first kappa shape index (κ1) is 14.2. The maximum atomic E-state index is 14.6. The van der Waals surface area contributed by atoms with Gasteiger partial charge in [-0.25, -0.2) is 18.6 Å². The second-order valence-corrected chi connectivity index (χ2v) is 5.39. The molecule has 0 radical (unpaired) electrons. The summed E-state index contributed by atoms with van der Waals surface area (Å²) >= 11 is 0. The van der Waals surface area contributed by atoms with Crippen LogP contribution < -0.4 is 0 Å². The lowest BCUT2D eigenvalue weighted by atomic mass is 9.81. The van der Waals surface area contributed by atoms with Crippen molar-refractivity contribution in [2.24, 2.45) is 0 Å². The number of rotatable bonds is 2. The van der Waals surface area contributed by atoms with Crippen molar-refractivity contribution in [3.05, 3.63) is 41.4 Å². The molecule has 6 heteroatoms. The number of aromatic carboxylic acids is 1. The quantitative estimate of drug-likeness (QED) is 0.913. The molecule has 0 unspecified atom stereocenters. The van der Waals surface area contributed by atoms with Crippen LogP contribution in [-0.4, -0.2) is 16.1 Å². The van der Waals surface area contributed by atoms with E-state index in [0.717, 1.165) is 12.5 Å². The van der Waals surface area contributed by atoms with Crippen LogP contribution in [0.25, 0.3) is 11.3 Å². The number of hydrogen-bond donors (Lipinski definition) is 1. The van der Waals surface area contributed by atoms with Gasteiger partial charge in [-0.05, 0) is 11.5 Å². The Kier molecular flexibility index (Phi) is 3.33. The number of halogens is 2. The minimum absolute atomic E-state index is 0.0715. The molecule has 0 fully saturated rings. The SMILES string of the molecule is CC(C)(C)c1c(C(=O)O)cc(F)c(-c2cnco2)c1F.